The van der Waals surface area contributed by atoms with Crippen LogP contribution in [0.1, 0.15) is 0 Å². The normalized spacial score (nSPS) is 1.60. The third kappa shape index (κ3) is 11.4. The molecule has 0 aliphatic rings. The van der Waals surface area contributed by atoms with Crippen molar-refractivity contribution in [2.24, 2.45) is 0 Å². The van der Waals surface area contributed by atoms with Crippen molar-refractivity contribution < 1.29 is 16.0 Å². The van der Waals surface area contributed by atoms with Crippen LogP contribution in [-0.4, -0.2) is 16.0 Å². The Morgan fingerprint density at radius 2 is 1.00 bits per heavy atom. The molecule has 32 valence electrons. The Balaban J connectivity index is -0.0000000133. The summed E-state index contributed by atoms with van der Waals surface area (Å²) in [5.74, 6) is 0. The summed E-state index contributed by atoms with van der Waals surface area (Å²) in [6.07, 6.45) is 0. The number of hydrogen-bond donors (Lipinski definition) is 2. The molecule has 0 atom stereocenters. The fourth-order valence-corrected chi connectivity index (χ4v) is 0. The van der Waals surface area contributed by atoms with Crippen LogP contribution in [0, 0.1) is 10.8 Å². The first kappa shape index (κ1) is 27.7. The molecule has 0 spiro atoms. The van der Waals surface area contributed by atoms with E-state index in [9.17, 15) is 0 Å². The Hall–Kier alpha value is -0.700. The predicted octanol–water partition coefficient (Wildman–Crippen LogP) is -0.777. The van der Waals surface area contributed by atoms with Crippen molar-refractivity contribution in [3.8, 4) is 0 Å². The zero-order valence-corrected chi connectivity index (χ0v) is 2.29. The van der Waals surface area contributed by atoms with Crippen molar-refractivity contribution in [3.63, 3.8) is 0 Å². The minimum Gasteiger partial charge on any atom is -0.412 e. The zero-order chi connectivity index (χ0) is 4.00. The van der Waals surface area contributed by atoms with Crippen molar-refractivity contribution >= 4 is 0 Å². The second kappa shape index (κ2) is 35.6. The standard InChI is InChI=1S/N2.H2O2.H2O/c2*1-2;/h;1-2H;1H2. The van der Waals surface area contributed by atoms with Gasteiger partial charge in [0.1, 0.15) is 0 Å². The molecule has 0 fully saturated rings. The van der Waals surface area contributed by atoms with E-state index in [0.29, 0.717) is 0 Å². The Bertz CT molecular complexity index is 9.61. The molecule has 0 unspecified atom stereocenters. The lowest BCUT2D eigenvalue weighted by Crippen LogP contribution is -1.29. The van der Waals surface area contributed by atoms with Crippen molar-refractivity contribution in [3.05, 3.63) is 0 Å². The van der Waals surface area contributed by atoms with Crippen LogP contribution >= 0.6 is 0 Å². The van der Waals surface area contributed by atoms with Crippen LogP contribution < -0.4 is 0 Å². The molecule has 0 saturated carbocycles. The highest BCUT2D eigenvalue weighted by atomic mass is 17.0. The monoisotopic (exact) mass is 80.0 g/mol. The molecule has 0 aliphatic heterocycles. The highest BCUT2D eigenvalue weighted by molar-refractivity contribution is 2.30. The van der Waals surface area contributed by atoms with Crippen molar-refractivity contribution in [2.45, 2.75) is 0 Å². The van der Waals surface area contributed by atoms with Crippen molar-refractivity contribution in [2.75, 3.05) is 0 Å². The van der Waals surface area contributed by atoms with E-state index in [4.69, 9.17) is 21.3 Å². The van der Waals surface area contributed by atoms with Crippen molar-refractivity contribution in [1.82, 2.24) is 0 Å². The Labute approximate surface area is 28.1 Å². The molecule has 5 heteroatoms. The third-order valence-electron chi connectivity index (χ3n) is 0. The Morgan fingerprint density at radius 1 is 1.00 bits per heavy atom. The lowest BCUT2D eigenvalue weighted by atomic mass is 13.4. The molecular formula is H4N2O3. The van der Waals surface area contributed by atoms with E-state index in [-0.39, 0.29) is 5.48 Å². The summed E-state index contributed by atoms with van der Waals surface area (Å²) in [5.41, 5.74) is 0. The van der Waals surface area contributed by atoms with Gasteiger partial charge in [0.05, 0.1) is 0 Å². The predicted molar refractivity (Wildman–Crippen MR) is 12.3 cm³/mol. The van der Waals surface area contributed by atoms with Crippen LogP contribution in [0.2, 0.25) is 0 Å². The van der Waals surface area contributed by atoms with Gasteiger partial charge >= 0.3 is 0 Å². The molecule has 0 aromatic heterocycles. The molecule has 5 heavy (non-hydrogen) atoms. The number of rotatable bonds is 0. The van der Waals surface area contributed by atoms with Gasteiger partial charge < -0.3 is 5.48 Å². The first-order valence-corrected chi connectivity index (χ1v) is 0.400. The van der Waals surface area contributed by atoms with Crippen LogP contribution in [0.25, 0.3) is 0 Å². The second-order valence-electron chi connectivity index (χ2n) is 0. The summed E-state index contributed by atoms with van der Waals surface area (Å²) in [7, 11) is 0. The maximum atomic E-state index is 6.00. The van der Waals surface area contributed by atoms with Gasteiger partial charge in [-0.3, -0.25) is 10.5 Å². The molecule has 0 aromatic rings. The number of hydrogen-bond acceptors (Lipinski definition) is 4. The third-order valence-corrected chi connectivity index (χ3v) is 0. The van der Waals surface area contributed by atoms with Gasteiger partial charge in [-0.05, 0) is 0 Å². The summed E-state index contributed by atoms with van der Waals surface area (Å²) in [4.78, 5) is 0. The Morgan fingerprint density at radius 3 is 1.00 bits per heavy atom. The van der Waals surface area contributed by atoms with Crippen LogP contribution in [0.3, 0.4) is 0 Å². The molecule has 0 bridgehead atoms. The average molecular weight is 80.0 g/mol. The molecule has 0 heterocycles. The minimum atomic E-state index is 0. The molecule has 0 rings (SSSR count). The van der Waals surface area contributed by atoms with Gasteiger partial charge in [-0.25, -0.2) is 0 Å². The highest BCUT2D eigenvalue weighted by Gasteiger charge is 0.745. The molecule has 0 aromatic carbocycles. The van der Waals surface area contributed by atoms with Gasteiger partial charge in [0, 0.05) is 10.8 Å². The fourth-order valence-electron chi connectivity index (χ4n) is 0. The van der Waals surface area contributed by atoms with Gasteiger partial charge in [0.25, 0.3) is 0 Å². The van der Waals surface area contributed by atoms with E-state index in [2.05, 4.69) is 0 Å². The minimum absolute atomic E-state index is 0. The number of nitrogens with zero attached hydrogens (tertiary/aromatic N) is 2. The lowest BCUT2D eigenvalue weighted by Gasteiger charge is -1.25. The van der Waals surface area contributed by atoms with Gasteiger partial charge in [0.2, 0.25) is 0 Å². The van der Waals surface area contributed by atoms with Gasteiger partial charge in [-0.15, -0.1) is 0 Å². The molecule has 0 amide bonds. The summed E-state index contributed by atoms with van der Waals surface area (Å²) >= 11 is 0. The van der Waals surface area contributed by atoms with Crippen LogP contribution in [-0.2, 0) is 0 Å². The van der Waals surface area contributed by atoms with Crippen LogP contribution in [0.15, 0.2) is 0 Å². The highest BCUT2D eigenvalue weighted by Crippen LogP contribution is 0.711. The molecule has 0 aliphatic carbocycles. The van der Waals surface area contributed by atoms with Gasteiger partial charge in [0.15, 0.2) is 0 Å². The summed E-state index contributed by atoms with van der Waals surface area (Å²) in [6, 6.07) is 0. The summed E-state index contributed by atoms with van der Waals surface area (Å²) in [5, 5.41) is 24.0. The first-order chi connectivity index (χ1) is 2.00. The van der Waals surface area contributed by atoms with E-state index in [1.54, 1.807) is 0 Å². The molecular weight excluding hydrogens is 76.0 g/mol. The molecule has 0 radical (unpaired) electrons. The molecule has 0 saturated heterocycles. The Kier molecular flexibility index (Phi) is 197. The van der Waals surface area contributed by atoms with Gasteiger partial charge in [-0.1, -0.05) is 0 Å². The summed E-state index contributed by atoms with van der Waals surface area (Å²) < 4.78 is 0. The average Bonchev–Trinajstić information content (AvgIpc) is 1.50. The van der Waals surface area contributed by atoms with E-state index in [1.165, 1.54) is 0 Å². The van der Waals surface area contributed by atoms with Crippen LogP contribution in [0.5, 0.6) is 0 Å². The molecule has 4 N–H and O–H groups in total. The van der Waals surface area contributed by atoms with E-state index in [0.717, 1.165) is 0 Å². The topological polar surface area (TPSA) is 120 Å². The summed E-state index contributed by atoms with van der Waals surface area (Å²) in [6.45, 7) is 0. The lowest BCUT2D eigenvalue weighted by molar-refractivity contribution is -0.176. The van der Waals surface area contributed by atoms with Crippen molar-refractivity contribution in [1.29, 1.82) is 10.8 Å². The SMILES string of the molecule is N#N.O.OO. The first-order valence-electron chi connectivity index (χ1n) is 0.400. The maximum Gasteiger partial charge on any atom is 0 e. The van der Waals surface area contributed by atoms with E-state index in [1.807, 2.05) is 0 Å². The molecule has 5 nitrogen and oxygen atoms in total. The van der Waals surface area contributed by atoms with E-state index >= 15 is 0 Å². The largest absolute Gasteiger partial charge is 0.412 e. The zero-order valence-electron chi connectivity index (χ0n) is 2.29. The fraction of sp³-hybridized carbons (Fsp3) is 0. The smallest absolute Gasteiger partial charge is 0 e. The second-order valence-corrected chi connectivity index (χ2v) is 0. The van der Waals surface area contributed by atoms with Crippen LogP contribution in [0.4, 0.5) is 0 Å². The van der Waals surface area contributed by atoms with Gasteiger partial charge in [-0.2, -0.15) is 0 Å². The maximum absolute atomic E-state index is 6.00. The quantitative estimate of drug-likeness (QED) is 0.225. The van der Waals surface area contributed by atoms with E-state index < -0.39 is 0 Å².